The van der Waals surface area contributed by atoms with E-state index in [1.165, 1.54) is 9.80 Å². The SMILES string of the molecule is NCCC(=O)N1CCC[C@H]1C(=O)N(Cc1ccccc1)C(=O)[C@@H](N)CCN. The minimum atomic E-state index is -0.850. The molecule has 1 aliphatic rings. The summed E-state index contributed by atoms with van der Waals surface area (Å²) >= 11 is 0. The highest BCUT2D eigenvalue weighted by atomic mass is 16.2. The summed E-state index contributed by atoms with van der Waals surface area (Å²) in [7, 11) is 0. The fourth-order valence-corrected chi connectivity index (χ4v) is 3.30. The van der Waals surface area contributed by atoms with Crippen molar-refractivity contribution < 1.29 is 14.4 Å². The average Bonchev–Trinajstić information content (AvgIpc) is 3.16. The van der Waals surface area contributed by atoms with Gasteiger partial charge in [0.1, 0.15) is 6.04 Å². The zero-order chi connectivity index (χ0) is 19.8. The molecule has 6 N–H and O–H groups in total. The predicted molar refractivity (Wildman–Crippen MR) is 102 cm³/mol. The molecule has 1 aliphatic heterocycles. The van der Waals surface area contributed by atoms with Crippen LogP contribution in [0, 0.1) is 0 Å². The van der Waals surface area contributed by atoms with Crippen molar-refractivity contribution in [1.29, 1.82) is 0 Å². The van der Waals surface area contributed by atoms with E-state index in [0.717, 1.165) is 12.0 Å². The average molecular weight is 375 g/mol. The molecule has 0 aliphatic carbocycles. The van der Waals surface area contributed by atoms with E-state index >= 15 is 0 Å². The lowest BCUT2D eigenvalue weighted by molar-refractivity contribution is -0.152. The van der Waals surface area contributed by atoms with E-state index in [4.69, 9.17) is 17.2 Å². The van der Waals surface area contributed by atoms with Crippen molar-refractivity contribution in [1.82, 2.24) is 9.80 Å². The van der Waals surface area contributed by atoms with Gasteiger partial charge < -0.3 is 22.1 Å². The molecule has 1 aromatic carbocycles. The zero-order valence-corrected chi connectivity index (χ0v) is 15.5. The molecule has 3 amide bonds. The number of carbonyl (C=O) groups is 3. The monoisotopic (exact) mass is 375 g/mol. The quantitative estimate of drug-likeness (QED) is 0.563. The van der Waals surface area contributed by atoms with Gasteiger partial charge in [-0.15, -0.1) is 0 Å². The van der Waals surface area contributed by atoms with E-state index in [0.29, 0.717) is 13.0 Å². The second-order valence-corrected chi connectivity index (χ2v) is 6.72. The van der Waals surface area contributed by atoms with Crippen LogP contribution in [0.2, 0.25) is 0 Å². The summed E-state index contributed by atoms with van der Waals surface area (Å²) in [5.74, 6) is -1.02. The van der Waals surface area contributed by atoms with Gasteiger partial charge in [0.2, 0.25) is 11.8 Å². The number of carbonyl (C=O) groups excluding carboxylic acids is 3. The highest BCUT2D eigenvalue weighted by Gasteiger charge is 2.39. The lowest BCUT2D eigenvalue weighted by atomic mass is 10.1. The van der Waals surface area contributed by atoms with Crippen molar-refractivity contribution in [2.24, 2.45) is 17.2 Å². The number of nitrogens with zero attached hydrogens (tertiary/aromatic N) is 2. The van der Waals surface area contributed by atoms with Crippen LogP contribution in [-0.2, 0) is 20.9 Å². The maximum atomic E-state index is 13.2. The number of amides is 3. The number of likely N-dealkylation sites (tertiary alicyclic amines) is 1. The second kappa shape index (κ2) is 10.1. The highest BCUT2D eigenvalue weighted by molar-refractivity contribution is 6.01. The minimum Gasteiger partial charge on any atom is -0.331 e. The van der Waals surface area contributed by atoms with Crippen LogP contribution >= 0.6 is 0 Å². The van der Waals surface area contributed by atoms with Gasteiger partial charge in [-0.05, 0) is 31.4 Å². The summed E-state index contributed by atoms with van der Waals surface area (Å²) in [5, 5.41) is 0. The first-order valence-corrected chi connectivity index (χ1v) is 9.34. The molecular weight excluding hydrogens is 346 g/mol. The van der Waals surface area contributed by atoms with E-state index < -0.39 is 18.0 Å². The van der Waals surface area contributed by atoms with Gasteiger partial charge in [-0.25, -0.2) is 0 Å². The van der Waals surface area contributed by atoms with Gasteiger partial charge in [0.25, 0.3) is 5.91 Å². The summed E-state index contributed by atoms with van der Waals surface area (Å²) in [4.78, 5) is 41.1. The summed E-state index contributed by atoms with van der Waals surface area (Å²) < 4.78 is 0. The Balaban J connectivity index is 2.24. The standard InChI is InChI=1S/C19H29N5O3/c20-10-8-15(22)18(26)24(13-14-5-2-1-3-6-14)19(27)16-7-4-12-23(16)17(25)9-11-21/h1-3,5-6,15-16H,4,7-13,20-22H2/t15-,16-/m0/s1. The van der Waals surface area contributed by atoms with E-state index in [9.17, 15) is 14.4 Å². The lowest BCUT2D eigenvalue weighted by Crippen LogP contribution is -2.53. The van der Waals surface area contributed by atoms with Crippen molar-refractivity contribution in [3.63, 3.8) is 0 Å². The third-order valence-electron chi connectivity index (χ3n) is 4.73. The third-order valence-corrected chi connectivity index (χ3v) is 4.73. The molecule has 0 spiro atoms. The molecule has 148 valence electrons. The van der Waals surface area contributed by atoms with Gasteiger partial charge in [-0.3, -0.25) is 19.3 Å². The number of rotatable bonds is 8. The fourth-order valence-electron chi connectivity index (χ4n) is 3.30. The summed E-state index contributed by atoms with van der Waals surface area (Å²) in [6.07, 6.45) is 1.72. The third kappa shape index (κ3) is 5.35. The van der Waals surface area contributed by atoms with Crippen LogP contribution in [-0.4, -0.2) is 59.2 Å². The van der Waals surface area contributed by atoms with Crippen LogP contribution in [0.15, 0.2) is 30.3 Å². The largest absolute Gasteiger partial charge is 0.331 e. The fraction of sp³-hybridized carbons (Fsp3) is 0.526. The van der Waals surface area contributed by atoms with Crippen LogP contribution in [0.25, 0.3) is 0 Å². The number of imide groups is 1. The molecule has 1 heterocycles. The summed E-state index contributed by atoms with van der Waals surface area (Å²) in [6.45, 7) is 1.10. The Kier molecular flexibility index (Phi) is 7.90. The van der Waals surface area contributed by atoms with Crippen LogP contribution in [0.3, 0.4) is 0 Å². The van der Waals surface area contributed by atoms with Gasteiger partial charge in [0.15, 0.2) is 0 Å². The van der Waals surface area contributed by atoms with E-state index in [1.54, 1.807) is 0 Å². The maximum Gasteiger partial charge on any atom is 0.252 e. The smallest absolute Gasteiger partial charge is 0.252 e. The Bertz CT molecular complexity index is 652. The topological polar surface area (TPSA) is 136 Å². The van der Waals surface area contributed by atoms with Gasteiger partial charge in [0, 0.05) is 19.5 Å². The Hall–Kier alpha value is -2.29. The Labute approximate surface area is 159 Å². The normalized spacial score (nSPS) is 17.6. The van der Waals surface area contributed by atoms with Crippen LogP contribution < -0.4 is 17.2 Å². The van der Waals surface area contributed by atoms with Gasteiger partial charge in [-0.2, -0.15) is 0 Å². The molecular formula is C19H29N5O3. The Morgan fingerprint density at radius 1 is 1.15 bits per heavy atom. The predicted octanol–water partition coefficient (Wildman–Crippen LogP) is -0.442. The molecule has 8 nitrogen and oxygen atoms in total. The van der Waals surface area contributed by atoms with E-state index in [2.05, 4.69) is 0 Å². The molecule has 1 saturated heterocycles. The van der Waals surface area contributed by atoms with E-state index in [-0.39, 0.29) is 44.3 Å². The maximum absolute atomic E-state index is 13.2. The number of nitrogens with two attached hydrogens (primary N) is 3. The Morgan fingerprint density at radius 2 is 1.85 bits per heavy atom. The Morgan fingerprint density at radius 3 is 2.48 bits per heavy atom. The molecule has 27 heavy (non-hydrogen) atoms. The van der Waals surface area contributed by atoms with Crippen molar-refractivity contribution in [3.05, 3.63) is 35.9 Å². The molecule has 0 unspecified atom stereocenters. The molecule has 0 saturated carbocycles. The second-order valence-electron chi connectivity index (χ2n) is 6.72. The number of hydrogen-bond acceptors (Lipinski definition) is 6. The van der Waals surface area contributed by atoms with Crippen molar-refractivity contribution >= 4 is 17.7 Å². The van der Waals surface area contributed by atoms with Gasteiger partial charge in [-0.1, -0.05) is 30.3 Å². The summed E-state index contributed by atoms with van der Waals surface area (Å²) in [5.41, 5.74) is 17.7. The molecule has 2 rings (SSSR count). The first-order valence-electron chi connectivity index (χ1n) is 9.34. The van der Waals surface area contributed by atoms with E-state index in [1.807, 2.05) is 30.3 Å². The summed E-state index contributed by atoms with van der Waals surface area (Å²) in [6, 6.07) is 7.73. The first-order chi connectivity index (χ1) is 13.0. The zero-order valence-electron chi connectivity index (χ0n) is 15.5. The number of hydrogen-bond donors (Lipinski definition) is 3. The first kappa shape index (κ1) is 21.0. The molecule has 1 aromatic rings. The highest BCUT2D eigenvalue weighted by Crippen LogP contribution is 2.22. The van der Waals surface area contributed by atoms with Crippen molar-refractivity contribution in [3.8, 4) is 0 Å². The molecule has 2 atom stereocenters. The van der Waals surface area contributed by atoms with Crippen LogP contribution in [0.5, 0.6) is 0 Å². The van der Waals surface area contributed by atoms with Crippen LogP contribution in [0.4, 0.5) is 0 Å². The molecule has 0 aromatic heterocycles. The number of benzene rings is 1. The molecule has 8 heteroatoms. The van der Waals surface area contributed by atoms with Crippen molar-refractivity contribution in [2.75, 3.05) is 19.6 Å². The minimum absolute atomic E-state index is 0.117. The molecule has 1 fully saturated rings. The molecule has 0 bridgehead atoms. The van der Waals surface area contributed by atoms with Crippen molar-refractivity contribution in [2.45, 2.75) is 44.3 Å². The lowest BCUT2D eigenvalue weighted by Gasteiger charge is -2.30. The van der Waals surface area contributed by atoms with Gasteiger partial charge in [0.05, 0.1) is 12.6 Å². The molecule has 0 radical (unpaired) electrons. The van der Waals surface area contributed by atoms with Crippen LogP contribution in [0.1, 0.15) is 31.2 Å². The van der Waals surface area contributed by atoms with Gasteiger partial charge >= 0.3 is 0 Å².